The van der Waals surface area contributed by atoms with Crippen molar-refractivity contribution in [3.05, 3.63) is 47.8 Å². The molecule has 92 valence electrons. The number of carbonyl (C=O) groups is 2. The SMILES string of the molecule is O=C(O)Cc1ccccc1NC(=O)c1ccn[nH]1. The summed E-state index contributed by atoms with van der Waals surface area (Å²) in [7, 11) is 0. The monoisotopic (exact) mass is 245 g/mol. The molecule has 6 heteroatoms. The van der Waals surface area contributed by atoms with Gasteiger partial charge in [-0.05, 0) is 17.7 Å². The molecule has 6 nitrogen and oxygen atoms in total. The number of carboxylic acid groups (broad SMARTS) is 1. The highest BCUT2D eigenvalue weighted by molar-refractivity contribution is 6.03. The second-order valence-electron chi connectivity index (χ2n) is 3.65. The Morgan fingerprint density at radius 1 is 1.28 bits per heavy atom. The third kappa shape index (κ3) is 2.73. The molecule has 1 heterocycles. The van der Waals surface area contributed by atoms with Crippen molar-refractivity contribution in [1.29, 1.82) is 0 Å². The van der Waals surface area contributed by atoms with Gasteiger partial charge in [-0.15, -0.1) is 0 Å². The smallest absolute Gasteiger partial charge is 0.307 e. The maximum atomic E-state index is 11.8. The van der Waals surface area contributed by atoms with Gasteiger partial charge < -0.3 is 10.4 Å². The number of carboxylic acids is 1. The highest BCUT2D eigenvalue weighted by Crippen LogP contribution is 2.16. The van der Waals surface area contributed by atoms with E-state index in [2.05, 4.69) is 15.5 Å². The molecule has 0 aliphatic heterocycles. The first-order valence-electron chi connectivity index (χ1n) is 5.27. The van der Waals surface area contributed by atoms with Crippen molar-refractivity contribution in [1.82, 2.24) is 10.2 Å². The van der Waals surface area contributed by atoms with E-state index in [0.29, 0.717) is 16.9 Å². The number of anilines is 1. The molecule has 0 atom stereocenters. The standard InChI is InChI=1S/C12H11N3O3/c16-11(17)7-8-3-1-2-4-9(8)14-12(18)10-5-6-13-15-10/h1-6H,7H2,(H,13,15)(H,14,18)(H,16,17). The van der Waals surface area contributed by atoms with Crippen LogP contribution in [0.25, 0.3) is 0 Å². The predicted molar refractivity (Wildman–Crippen MR) is 64.3 cm³/mol. The third-order valence-electron chi connectivity index (χ3n) is 2.35. The fourth-order valence-electron chi connectivity index (χ4n) is 1.53. The highest BCUT2D eigenvalue weighted by atomic mass is 16.4. The van der Waals surface area contributed by atoms with E-state index in [-0.39, 0.29) is 12.3 Å². The lowest BCUT2D eigenvalue weighted by Gasteiger charge is -2.08. The van der Waals surface area contributed by atoms with Crippen LogP contribution in [0.3, 0.4) is 0 Å². The Morgan fingerprint density at radius 2 is 2.06 bits per heavy atom. The number of amides is 1. The molecule has 2 aromatic rings. The summed E-state index contributed by atoms with van der Waals surface area (Å²) in [6, 6.07) is 8.32. The maximum Gasteiger partial charge on any atom is 0.307 e. The molecule has 0 fully saturated rings. The fraction of sp³-hybridized carbons (Fsp3) is 0.0833. The van der Waals surface area contributed by atoms with Gasteiger partial charge in [0.25, 0.3) is 5.91 Å². The van der Waals surface area contributed by atoms with E-state index in [4.69, 9.17) is 5.11 Å². The molecule has 1 aromatic heterocycles. The lowest BCUT2D eigenvalue weighted by Crippen LogP contribution is -2.14. The molecule has 0 saturated carbocycles. The lowest BCUT2D eigenvalue weighted by atomic mass is 10.1. The number of benzene rings is 1. The summed E-state index contributed by atoms with van der Waals surface area (Å²) >= 11 is 0. The molecule has 18 heavy (non-hydrogen) atoms. The number of nitrogens with one attached hydrogen (secondary N) is 2. The number of carbonyl (C=O) groups excluding carboxylic acids is 1. The maximum absolute atomic E-state index is 11.8. The number of nitrogens with zero attached hydrogens (tertiary/aromatic N) is 1. The summed E-state index contributed by atoms with van der Waals surface area (Å²) in [5.74, 6) is -1.30. The van der Waals surface area contributed by atoms with Crippen LogP contribution < -0.4 is 5.32 Å². The van der Waals surface area contributed by atoms with Crippen LogP contribution in [-0.4, -0.2) is 27.2 Å². The minimum absolute atomic E-state index is 0.139. The van der Waals surface area contributed by atoms with Crippen LogP contribution in [0, 0.1) is 0 Å². The van der Waals surface area contributed by atoms with Gasteiger partial charge in [0.15, 0.2) is 0 Å². The highest BCUT2D eigenvalue weighted by Gasteiger charge is 2.11. The zero-order chi connectivity index (χ0) is 13.0. The van der Waals surface area contributed by atoms with E-state index in [9.17, 15) is 9.59 Å². The minimum Gasteiger partial charge on any atom is -0.481 e. The van der Waals surface area contributed by atoms with E-state index in [1.807, 2.05) is 0 Å². The number of hydrogen-bond acceptors (Lipinski definition) is 3. The topological polar surface area (TPSA) is 95.1 Å². The van der Waals surface area contributed by atoms with Crippen LogP contribution in [-0.2, 0) is 11.2 Å². The fourth-order valence-corrected chi connectivity index (χ4v) is 1.53. The molecule has 1 amide bonds. The number of aromatic amines is 1. The van der Waals surface area contributed by atoms with Crippen LogP contribution in [0.15, 0.2) is 36.5 Å². The number of H-pyrrole nitrogens is 1. The molecule has 0 unspecified atom stereocenters. The number of aromatic nitrogens is 2. The quantitative estimate of drug-likeness (QED) is 0.756. The van der Waals surface area contributed by atoms with Crippen molar-refractivity contribution in [2.75, 3.05) is 5.32 Å². The first-order valence-corrected chi connectivity index (χ1v) is 5.27. The van der Waals surface area contributed by atoms with Crippen LogP contribution in [0.5, 0.6) is 0 Å². The third-order valence-corrected chi connectivity index (χ3v) is 2.35. The average Bonchev–Trinajstić information content (AvgIpc) is 2.84. The molecule has 1 aromatic carbocycles. The molecular formula is C12H11N3O3. The summed E-state index contributed by atoms with van der Waals surface area (Å²) in [4.78, 5) is 22.5. The van der Waals surface area contributed by atoms with Crippen LogP contribution in [0.2, 0.25) is 0 Å². The Labute approximate surface area is 103 Å². The molecule has 0 aliphatic carbocycles. The molecule has 0 radical (unpaired) electrons. The number of aliphatic carboxylic acids is 1. The molecule has 0 bridgehead atoms. The Hall–Kier alpha value is -2.63. The van der Waals surface area contributed by atoms with Gasteiger partial charge in [-0.25, -0.2) is 0 Å². The van der Waals surface area contributed by atoms with Gasteiger partial charge in [-0.3, -0.25) is 14.7 Å². The second kappa shape index (κ2) is 5.13. The molecule has 0 aliphatic rings. The Morgan fingerprint density at radius 3 is 2.72 bits per heavy atom. The van der Waals surface area contributed by atoms with Gasteiger partial charge in [-0.1, -0.05) is 18.2 Å². The van der Waals surface area contributed by atoms with E-state index in [1.54, 1.807) is 24.3 Å². The first-order chi connectivity index (χ1) is 8.66. The summed E-state index contributed by atoms with van der Waals surface area (Å²) in [5.41, 5.74) is 1.36. The van der Waals surface area contributed by atoms with Crippen molar-refractivity contribution >= 4 is 17.6 Å². The van der Waals surface area contributed by atoms with Gasteiger partial charge in [0.05, 0.1) is 6.42 Å². The number of para-hydroxylation sites is 1. The molecule has 0 saturated heterocycles. The summed E-state index contributed by atoms with van der Waals surface area (Å²) in [6.07, 6.45) is 1.33. The average molecular weight is 245 g/mol. The Bertz CT molecular complexity index is 564. The second-order valence-corrected chi connectivity index (χ2v) is 3.65. The summed E-state index contributed by atoms with van der Waals surface area (Å²) in [6.45, 7) is 0. The largest absolute Gasteiger partial charge is 0.481 e. The first kappa shape index (κ1) is 11.8. The van der Waals surface area contributed by atoms with Crippen molar-refractivity contribution < 1.29 is 14.7 Å². The summed E-state index contributed by atoms with van der Waals surface area (Å²) in [5, 5.41) is 17.6. The number of rotatable bonds is 4. The van der Waals surface area contributed by atoms with E-state index < -0.39 is 5.97 Å². The van der Waals surface area contributed by atoms with Gasteiger partial charge in [0.2, 0.25) is 0 Å². The van der Waals surface area contributed by atoms with Crippen molar-refractivity contribution in [2.45, 2.75) is 6.42 Å². The van der Waals surface area contributed by atoms with Crippen molar-refractivity contribution in [3.8, 4) is 0 Å². The van der Waals surface area contributed by atoms with Crippen LogP contribution >= 0.6 is 0 Å². The van der Waals surface area contributed by atoms with Crippen molar-refractivity contribution in [3.63, 3.8) is 0 Å². The zero-order valence-corrected chi connectivity index (χ0v) is 9.38. The van der Waals surface area contributed by atoms with E-state index >= 15 is 0 Å². The summed E-state index contributed by atoms with van der Waals surface area (Å²) < 4.78 is 0. The van der Waals surface area contributed by atoms with Gasteiger partial charge >= 0.3 is 5.97 Å². The minimum atomic E-state index is -0.946. The van der Waals surface area contributed by atoms with Crippen LogP contribution in [0.1, 0.15) is 16.1 Å². The van der Waals surface area contributed by atoms with E-state index in [1.165, 1.54) is 12.3 Å². The Kier molecular flexibility index (Phi) is 3.38. The van der Waals surface area contributed by atoms with Gasteiger partial charge in [-0.2, -0.15) is 5.10 Å². The van der Waals surface area contributed by atoms with Gasteiger partial charge in [0.1, 0.15) is 5.69 Å². The molecular weight excluding hydrogens is 234 g/mol. The predicted octanol–water partition coefficient (Wildman–Crippen LogP) is 1.29. The van der Waals surface area contributed by atoms with Crippen LogP contribution in [0.4, 0.5) is 5.69 Å². The van der Waals surface area contributed by atoms with Crippen molar-refractivity contribution in [2.24, 2.45) is 0 Å². The normalized spacial score (nSPS) is 10.0. The van der Waals surface area contributed by atoms with Gasteiger partial charge in [0, 0.05) is 11.9 Å². The lowest BCUT2D eigenvalue weighted by molar-refractivity contribution is -0.136. The zero-order valence-electron chi connectivity index (χ0n) is 9.38. The Balaban J connectivity index is 2.18. The number of hydrogen-bond donors (Lipinski definition) is 3. The molecule has 0 spiro atoms. The van der Waals surface area contributed by atoms with E-state index in [0.717, 1.165) is 0 Å². The molecule has 2 rings (SSSR count). The molecule has 3 N–H and O–H groups in total.